The number of hydrogen-bond donors (Lipinski definition) is 0. The number of aromatic nitrogens is 5. The van der Waals surface area contributed by atoms with Crippen molar-refractivity contribution in [3.63, 3.8) is 0 Å². The fourth-order valence-corrected chi connectivity index (χ4v) is 3.62. The molecule has 0 bridgehead atoms. The molecule has 4 aromatic rings. The van der Waals surface area contributed by atoms with Gasteiger partial charge in [0.2, 0.25) is 5.16 Å². The molecule has 0 saturated heterocycles. The van der Waals surface area contributed by atoms with Gasteiger partial charge in [0, 0.05) is 16.7 Å². The Morgan fingerprint density at radius 2 is 1.89 bits per heavy atom. The molecule has 0 amide bonds. The lowest BCUT2D eigenvalue weighted by Crippen LogP contribution is -2.01. The highest BCUT2D eigenvalue weighted by atomic mass is 35.5. The molecule has 2 aromatic heterocycles. The summed E-state index contributed by atoms with van der Waals surface area (Å²) < 4.78 is 7.20. The van der Waals surface area contributed by atoms with Crippen LogP contribution in [0.3, 0.4) is 0 Å². The molecule has 4 rings (SSSR count). The number of hydrogen-bond acceptors (Lipinski definition) is 6. The number of aryl methyl sites for hydroxylation is 2. The minimum absolute atomic E-state index is 0.575. The topological polar surface area (TPSA) is 69.6 Å². The Kier molecular flexibility index (Phi) is 4.96. The van der Waals surface area contributed by atoms with Crippen molar-refractivity contribution >= 4 is 23.4 Å². The monoisotopic (exact) mass is 397 g/mol. The van der Waals surface area contributed by atoms with Crippen LogP contribution in [0.2, 0.25) is 5.02 Å². The summed E-state index contributed by atoms with van der Waals surface area (Å²) >= 11 is 7.43. The molecule has 0 N–H and O–H groups in total. The molecule has 8 heteroatoms. The number of rotatable bonds is 5. The SMILES string of the molecule is Cc1ccc(-n2nnnc2SCc2cc(-c3ccc(Cl)cc3)no2)c(C)c1. The maximum absolute atomic E-state index is 5.93. The molecule has 0 aliphatic carbocycles. The first-order valence-corrected chi connectivity index (χ1v) is 9.67. The van der Waals surface area contributed by atoms with Gasteiger partial charge in [0.05, 0.1) is 11.4 Å². The summed E-state index contributed by atoms with van der Waals surface area (Å²) in [6.45, 7) is 4.11. The number of benzene rings is 2. The van der Waals surface area contributed by atoms with Gasteiger partial charge in [-0.2, -0.15) is 4.68 Å². The Hall–Kier alpha value is -2.64. The van der Waals surface area contributed by atoms with Crippen LogP contribution in [0, 0.1) is 13.8 Å². The molecule has 0 saturated carbocycles. The van der Waals surface area contributed by atoms with Gasteiger partial charge in [-0.3, -0.25) is 0 Å². The smallest absolute Gasteiger partial charge is 0.214 e. The molecular formula is C19H16ClN5OS. The van der Waals surface area contributed by atoms with Gasteiger partial charge >= 0.3 is 0 Å². The highest BCUT2D eigenvalue weighted by molar-refractivity contribution is 7.98. The lowest BCUT2D eigenvalue weighted by molar-refractivity contribution is 0.397. The van der Waals surface area contributed by atoms with E-state index in [1.807, 2.05) is 49.4 Å². The van der Waals surface area contributed by atoms with E-state index in [0.717, 1.165) is 28.3 Å². The van der Waals surface area contributed by atoms with E-state index in [1.165, 1.54) is 17.3 Å². The summed E-state index contributed by atoms with van der Waals surface area (Å²) in [6.07, 6.45) is 0. The summed E-state index contributed by atoms with van der Waals surface area (Å²) in [5.74, 6) is 1.33. The van der Waals surface area contributed by atoms with Crippen LogP contribution in [0.25, 0.3) is 16.9 Å². The maximum atomic E-state index is 5.93. The van der Waals surface area contributed by atoms with Gasteiger partial charge < -0.3 is 4.52 Å². The lowest BCUT2D eigenvalue weighted by atomic mass is 10.1. The minimum atomic E-state index is 0.575. The summed E-state index contributed by atoms with van der Waals surface area (Å²) in [6, 6.07) is 15.6. The Morgan fingerprint density at radius 3 is 2.67 bits per heavy atom. The van der Waals surface area contributed by atoms with Crippen LogP contribution < -0.4 is 0 Å². The third-order valence-corrected chi connectivity index (χ3v) is 5.26. The zero-order valence-corrected chi connectivity index (χ0v) is 16.3. The van der Waals surface area contributed by atoms with E-state index in [2.05, 4.69) is 33.7 Å². The molecule has 136 valence electrons. The number of thioether (sulfide) groups is 1. The highest BCUT2D eigenvalue weighted by Crippen LogP contribution is 2.27. The van der Waals surface area contributed by atoms with Crippen molar-refractivity contribution in [2.24, 2.45) is 0 Å². The fraction of sp³-hybridized carbons (Fsp3) is 0.158. The molecule has 0 radical (unpaired) electrons. The molecule has 0 aliphatic heterocycles. The molecule has 0 aliphatic rings. The molecule has 6 nitrogen and oxygen atoms in total. The van der Waals surface area contributed by atoms with Gasteiger partial charge in [-0.1, -0.05) is 58.3 Å². The Balaban J connectivity index is 1.50. The zero-order valence-electron chi connectivity index (χ0n) is 14.8. The van der Waals surface area contributed by atoms with Gasteiger partial charge in [0.1, 0.15) is 11.5 Å². The van der Waals surface area contributed by atoms with E-state index < -0.39 is 0 Å². The van der Waals surface area contributed by atoms with Crippen molar-refractivity contribution in [1.29, 1.82) is 0 Å². The maximum Gasteiger partial charge on any atom is 0.214 e. The fourth-order valence-electron chi connectivity index (χ4n) is 2.74. The Morgan fingerprint density at radius 1 is 1.07 bits per heavy atom. The standard InChI is InChI=1S/C19H16ClN5OS/c1-12-3-8-18(13(2)9-12)25-19(21-23-24-25)27-11-16-10-17(22-26-16)14-4-6-15(20)7-5-14/h3-10H,11H2,1-2H3. The summed E-state index contributed by atoms with van der Waals surface area (Å²) in [5.41, 5.74) is 5.02. The molecular weight excluding hydrogens is 382 g/mol. The Bertz CT molecular complexity index is 1070. The van der Waals surface area contributed by atoms with Crippen molar-refractivity contribution < 1.29 is 4.52 Å². The number of nitrogens with zero attached hydrogens (tertiary/aromatic N) is 5. The second-order valence-electron chi connectivity index (χ2n) is 6.14. The summed E-state index contributed by atoms with van der Waals surface area (Å²) in [5, 5.41) is 17.6. The van der Waals surface area contributed by atoms with E-state index in [1.54, 1.807) is 4.68 Å². The van der Waals surface area contributed by atoms with Gasteiger partial charge in [-0.15, -0.1) is 5.10 Å². The van der Waals surface area contributed by atoms with Crippen molar-refractivity contribution in [1.82, 2.24) is 25.4 Å². The number of halogens is 1. The van der Waals surface area contributed by atoms with Crippen LogP contribution in [0.5, 0.6) is 0 Å². The van der Waals surface area contributed by atoms with Crippen molar-refractivity contribution in [3.8, 4) is 16.9 Å². The highest BCUT2D eigenvalue weighted by Gasteiger charge is 2.13. The Labute approximate surface area is 165 Å². The van der Waals surface area contributed by atoms with E-state index in [0.29, 0.717) is 15.9 Å². The average molecular weight is 398 g/mol. The third-order valence-electron chi connectivity index (χ3n) is 4.06. The van der Waals surface area contributed by atoms with Crippen molar-refractivity contribution in [2.75, 3.05) is 0 Å². The van der Waals surface area contributed by atoms with Crippen molar-refractivity contribution in [2.45, 2.75) is 24.8 Å². The van der Waals surface area contributed by atoms with Crippen LogP contribution >= 0.6 is 23.4 Å². The van der Waals surface area contributed by atoms with E-state index in [-0.39, 0.29) is 0 Å². The first-order valence-electron chi connectivity index (χ1n) is 8.30. The van der Waals surface area contributed by atoms with Gasteiger partial charge in [0.15, 0.2) is 0 Å². The van der Waals surface area contributed by atoms with Crippen molar-refractivity contribution in [3.05, 3.63) is 70.4 Å². The van der Waals surface area contributed by atoms with Gasteiger partial charge in [-0.25, -0.2) is 0 Å². The summed E-state index contributed by atoms with van der Waals surface area (Å²) in [7, 11) is 0. The van der Waals surface area contributed by atoms with E-state index in [4.69, 9.17) is 16.1 Å². The second kappa shape index (κ2) is 7.54. The third kappa shape index (κ3) is 3.89. The van der Waals surface area contributed by atoms with Crippen LogP contribution in [0.15, 0.2) is 58.2 Å². The van der Waals surface area contributed by atoms with Gasteiger partial charge in [0.25, 0.3) is 0 Å². The molecule has 2 heterocycles. The largest absolute Gasteiger partial charge is 0.360 e. The van der Waals surface area contributed by atoms with Gasteiger partial charge in [-0.05, 0) is 48.0 Å². The summed E-state index contributed by atoms with van der Waals surface area (Å²) in [4.78, 5) is 0. The molecule has 2 aromatic carbocycles. The van der Waals surface area contributed by atoms with E-state index in [9.17, 15) is 0 Å². The molecule has 0 unspecified atom stereocenters. The van der Waals surface area contributed by atoms with Crippen LogP contribution in [-0.2, 0) is 5.75 Å². The molecule has 0 spiro atoms. The molecule has 27 heavy (non-hydrogen) atoms. The molecule has 0 atom stereocenters. The van der Waals surface area contributed by atoms with Crippen LogP contribution in [0.4, 0.5) is 0 Å². The first-order chi connectivity index (χ1) is 13.1. The normalized spacial score (nSPS) is 11.1. The predicted molar refractivity (Wildman–Crippen MR) is 105 cm³/mol. The average Bonchev–Trinajstić information content (AvgIpc) is 3.30. The lowest BCUT2D eigenvalue weighted by Gasteiger charge is -2.07. The van der Waals surface area contributed by atoms with Crippen LogP contribution in [-0.4, -0.2) is 25.4 Å². The quantitative estimate of drug-likeness (QED) is 0.447. The van der Waals surface area contributed by atoms with E-state index >= 15 is 0 Å². The number of tetrazole rings is 1. The predicted octanol–water partition coefficient (Wildman–Crippen LogP) is 4.88. The zero-order chi connectivity index (χ0) is 18.8. The first kappa shape index (κ1) is 17.8. The van der Waals surface area contributed by atoms with Crippen LogP contribution in [0.1, 0.15) is 16.9 Å². The minimum Gasteiger partial charge on any atom is -0.360 e. The second-order valence-corrected chi connectivity index (χ2v) is 7.52. The molecule has 0 fully saturated rings.